The molecule has 3 saturated heterocycles. The van der Waals surface area contributed by atoms with Crippen LogP contribution in [-0.2, 0) is 0 Å². The van der Waals surface area contributed by atoms with Crippen LogP contribution in [0.15, 0.2) is 12.2 Å². The number of nitrogens with one attached hydrogen (secondary N) is 1. The van der Waals surface area contributed by atoms with Gasteiger partial charge in [0.15, 0.2) is 0 Å². The summed E-state index contributed by atoms with van der Waals surface area (Å²) in [4.78, 5) is 5.23. The third-order valence-corrected chi connectivity index (χ3v) is 3.72. The molecule has 86 valence electrons. The van der Waals surface area contributed by atoms with Crippen LogP contribution >= 0.6 is 0 Å². The van der Waals surface area contributed by atoms with Crippen LogP contribution in [-0.4, -0.2) is 61.7 Å². The lowest BCUT2D eigenvalue weighted by atomic mass is 9.95. The standard InChI is InChI=1S/C12H23N3/c1-10(2)8-11(13-3)12-9-14-4-6-15(12)7-5-14/h11-13H,1,4-9H2,2-3H3. The fourth-order valence-electron chi connectivity index (χ4n) is 2.85. The second-order valence-corrected chi connectivity index (χ2v) is 4.96. The molecule has 2 bridgehead atoms. The van der Waals surface area contributed by atoms with Gasteiger partial charge in [0.1, 0.15) is 0 Å². The Morgan fingerprint density at radius 2 is 2.07 bits per heavy atom. The van der Waals surface area contributed by atoms with Crippen molar-refractivity contribution in [3.63, 3.8) is 0 Å². The van der Waals surface area contributed by atoms with E-state index in [2.05, 4.69) is 35.7 Å². The average molecular weight is 209 g/mol. The Hall–Kier alpha value is -0.380. The number of hydrogen-bond acceptors (Lipinski definition) is 3. The Morgan fingerprint density at radius 3 is 2.47 bits per heavy atom. The Morgan fingerprint density at radius 1 is 1.40 bits per heavy atom. The van der Waals surface area contributed by atoms with E-state index in [0.29, 0.717) is 12.1 Å². The lowest BCUT2D eigenvalue weighted by Gasteiger charge is -2.50. The quantitative estimate of drug-likeness (QED) is 0.682. The zero-order valence-electron chi connectivity index (χ0n) is 10.00. The molecule has 0 spiro atoms. The second-order valence-electron chi connectivity index (χ2n) is 4.96. The van der Waals surface area contributed by atoms with Gasteiger partial charge in [-0.3, -0.25) is 9.80 Å². The van der Waals surface area contributed by atoms with E-state index in [4.69, 9.17) is 0 Å². The highest BCUT2D eigenvalue weighted by atomic mass is 15.4. The van der Waals surface area contributed by atoms with E-state index in [1.54, 1.807) is 0 Å². The molecule has 0 aliphatic carbocycles. The molecule has 3 rings (SSSR count). The highest BCUT2D eigenvalue weighted by Gasteiger charge is 2.35. The Balaban J connectivity index is 1.98. The first-order chi connectivity index (χ1) is 7.20. The molecule has 15 heavy (non-hydrogen) atoms. The molecule has 2 unspecified atom stereocenters. The number of nitrogens with zero attached hydrogens (tertiary/aromatic N) is 2. The molecule has 2 atom stereocenters. The van der Waals surface area contributed by atoms with Gasteiger partial charge in [0.25, 0.3) is 0 Å². The van der Waals surface area contributed by atoms with Gasteiger partial charge in [0, 0.05) is 44.8 Å². The van der Waals surface area contributed by atoms with Crippen molar-refractivity contribution in [2.24, 2.45) is 0 Å². The Kier molecular flexibility index (Phi) is 3.44. The second kappa shape index (κ2) is 4.64. The van der Waals surface area contributed by atoms with Crippen LogP contribution in [0.5, 0.6) is 0 Å². The summed E-state index contributed by atoms with van der Waals surface area (Å²) in [6.45, 7) is 12.4. The molecule has 0 radical (unpaired) electrons. The van der Waals surface area contributed by atoms with Crippen molar-refractivity contribution in [1.82, 2.24) is 15.1 Å². The van der Waals surface area contributed by atoms with Gasteiger partial charge >= 0.3 is 0 Å². The summed E-state index contributed by atoms with van der Waals surface area (Å²) in [5, 5.41) is 3.46. The van der Waals surface area contributed by atoms with Gasteiger partial charge in [0.05, 0.1) is 0 Å². The van der Waals surface area contributed by atoms with Gasteiger partial charge in [0.2, 0.25) is 0 Å². The number of fused-ring (bicyclic) bond motifs is 3. The molecule has 1 N–H and O–H groups in total. The van der Waals surface area contributed by atoms with Gasteiger partial charge in [-0.25, -0.2) is 0 Å². The zero-order valence-corrected chi connectivity index (χ0v) is 10.00. The molecular formula is C12H23N3. The monoisotopic (exact) mass is 209 g/mol. The fourth-order valence-corrected chi connectivity index (χ4v) is 2.85. The van der Waals surface area contributed by atoms with Crippen molar-refractivity contribution in [2.45, 2.75) is 25.4 Å². The molecular weight excluding hydrogens is 186 g/mol. The maximum absolute atomic E-state index is 4.03. The lowest BCUT2D eigenvalue weighted by Crippen LogP contribution is -2.66. The third kappa shape index (κ3) is 2.41. The van der Waals surface area contributed by atoms with Crippen LogP contribution in [0.3, 0.4) is 0 Å². The smallest absolute Gasteiger partial charge is 0.0380 e. The Bertz CT molecular complexity index is 231. The summed E-state index contributed by atoms with van der Waals surface area (Å²) in [6, 6.07) is 1.26. The summed E-state index contributed by atoms with van der Waals surface area (Å²) in [5.41, 5.74) is 1.28. The molecule has 0 aromatic carbocycles. The Labute approximate surface area is 93.1 Å². The number of piperazine rings is 3. The van der Waals surface area contributed by atoms with Gasteiger partial charge < -0.3 is 5.32 Å². The maximum Gasteiger partial charge on any atom is 0.0380 e. The first-order valence-electron chi connectivity index (χ1n) is 5.98. The first-order valence-corrected chi connectivity index (χ1v) is 5.98. The predicted octanol–water partition coefficient (Wildman–Crippen LogP) is 0.540. The normalized spacial score (nSPS) is 36.5. The summed E-state index contributed by atoms with van der Waals surface area (Å²) in [6.07, 6.45) is 1.10. The van der Waals surface area contributed by atoms with Crippen LogP contribution in [0.25, 0.3) is 0 Å². The summed E-state index contributed by atoms with van der Waals surface area (Å²) in [5.74, 6) is 0. The van der Waals surface area contributed by atoms with Crippen LogP contribution in [0, 0.1) is 0 Å². The summed E-state index contributed by atoms with van der Waals surface area (Å²) in [7, 11) is 2.08. The average Bonchev–Trinajstić information content (AvgIpc) is 2.27. The molecule has 0 saturated carbocycles. The van der Waals surface area contributed by atoms with Crippen LogP contribution in [0.2, 0.25) is 0 Å². The van der Waals surface area contributed by atoms with E-state index in [0.717, 1.165) is 6.42 Å². The van der Waals surface area contributed by atoms with Crippen molar-refractivity contribution >= 4 is 0 Å². The predicted molar refractivity (Wildman–Crippen MR) is 64.1 cm³/mol. The van der Waals surface area contributed by atoms with E-state index in [9.17, 15) is 0 Å². The van der Waals surface area contributed by atoms with E-state index in [-0.39, 0.29) is 0 Å². The van der Waals surface area contributed by atoms with Gasteiger partial charge in [-0.2, -0.15) is 0 Å². The third-order valence-electron chi connectivity index (χ3n) is 3.72. The fraction of sp³-hybridized carbons (Fsp3) is 0.833. The molecule has 3 nitrogen and oxygen atoms in total. The topological polar surface area (TPSA) is 18.5 Å². The molecule has 3 heteroatoms. The number of hydrogen-bond donors (Lipinski definition) is 1. The van der Waals surface area contributed by atoms with Gasteiger partial charge in [-0.15, -0.1) is 6.58 Å². The molecule has 0 amide bonds. The molecule has 3 aliphatic heterocycles. The molecule has 3 aliphatic rings. The van der Waals surface area contributed by atoms with Gasteiger partial charge in [-0.05, 0) is 20.4 Å². The van der Waals surface area contributed by atoms with Crippen molar-refractivity contribution in [2.75, 3.05) is 39.8 Å². The minimum Gasteiger partial charge on any atom is -0.315 e. The number of rotatable bonds is 4. The van der Waals surface area contributed by atoms with Crippen LogP contribution in [0.1, 0.15) is 13.3 Å². The maximum atomic E-state index is 4.03. The minimum absolute atomic E-state index is 0.575. The molecule has 0 aromatic rings. The molecule has 0 aromatic heterocycles. The highest BCUT2D eigenvalue weighted by Crippen LogP contribution is 2.20. The highest BCUT2D eigenvalue weighted by molar-refractivity contribution is 5.01. The van der Waals surface area contributed by atoms with Crippen molar-refractivity contribution in [3.05, 3.63) is 12.2 Å². The zero-order chi connectivity index (χ0) is 10.8. The van der Waals surface area contributed by atoms with E-state index in [1.807, 2.05) is 0 Å². The SMILES string of the molecule is C=C(C)CC(NC)C1CN2CCN1CC2. The summed E-state index contributed by atoms with van der Waals surface area (Å²) >= 11 is 0. The molecule has 3 heterocycles. The van der Waals surface area contributed by atoms with Crippen molar-refractivity contribution < 1.29 is 0 Å². The van der Waals surface area contributed by atoms with E-state index >= 15 is 0 Å². The van der Waals surface area contributed by atoms with Crippen LogP contribution in [0.4, 0.5) is 0 Å². The number of likely N-dealkylation sites (N-methyl/N-ethyl adjacent to an activating group) is 1. The lowest BCUT2D eigenvalue weighted by molar-refractivity contribution is -0.00199. The van der Waals surface area contributed by atoms with Gasteiger partial charge in [-0.1, -0.05) is 5.57 Å². The van der Waals surface area contributed by atoms with Crippen molar-refractivity contribution in [3.8, 4) is 0 Å². The van der Waals surface area contributed by atoms with Crippen molar-refractivity contribution in [1.29, 1.82) is 0 Å². The minimum atomic E-state index is 0.575. The van der Waals surface area contributed by atoms with Crippen LogP contribution < -0.4 is 5.32 Å². The largest absolute Gasteiger partial charge is 0.315 e. The van der Waals surface area contributed by atoms with E-state index < -0.39 is 0 Å². The summed E-state index contributed by atoms with van der Waals surface area (Å²) < 4.78 is 0. The van der Waals surface area contributed by atoms with E-state index in [1.165, 1.54) is 38.3 Å². The molecule has 3 fully saturated rings. The first kappa shape index (κ1) is 11.1.